The Bertz CT molecular complexity index is 1110. The van der Waals surface area contributed by atoms with Crippen LogP contribution in [0.4, 0.5) is 13.2 Å². The number of unbranched alkanes of at least 4 members (excludes halogenated alkanes) is 2. The predicted molar refractivity (Wildman–Crippen MR) is 134 cm³/mol. The number of carboxylic acids is 1. The van der Waals surface area contributed by atoms with Crippen LogP contribution in [-0.2, 0) is 15.8 Å². The van der Waals surface area contributed by atoms with Crippen LogP contribution >= 0.6 is 0 Å². The van der Waals surface area contributed by atoms with Crippen LogP contribution in [0.25, 0.3) is 11.3 Å². The van der Waals surface area contributed by atoms with Crippen molar-refractivity contribution < 1.29 is 32.6 Å². The second kappa shape index (κ2) is 13.1. The average Bonchev–Trinajstić information content (AvgIpc) is 2.88. The van der Waals surface area contributed by atoms with Crippen LogP contribution in [-0.4, -0.2) is 34.6 Å². The molecule has 1 amide bonds. The number of benzene rings is 1. The third-order valence-electron chi connectivity index (χ3n) is 6.12. The molecule has 0 saturated heterocycles. The Hall–Kier alpha value is -3.62. The minimum Gasteiger partial charge on any atom is -0.488 e. The molecule has 6 nitrogen and oxygen atoms in total. The number of amides is 1. The lowest BCUT2D eigenvalue weighted by Crippen LogP contribution is -2.30. The standard InChI is InChI=1S/C28H31F3N2O4/c1-2-3-4-5-25(20-6-8-21(9-7-20)27(36)32-17-16-26(34)35)37-23-14-15-24(33-18-23)19-10-12-22(13-11-19)28(29,30)31/h6,8-15,18,20,25H,2-5,7,16-17H2,1H3,(H,32,36)(H,34,35). The van der Waals surface area contributed by atoms with Gasteiger partial charge in [-0.3, -0.25) is 14.6 Å². The van der Waals surface area contributed by atoms with E-state index >= 15 is 0 Å². The molecule has 1 aliphatic rings. The molecule has 1 aliphatic carbocycles. The normalized spacial score (nSPS) is 16.1. The van der Waals surface area contributed by atoms with Crippen molar-refractivity contribution in [2.45, 2.75) is 57.7 Å². The molecule has 0 fully saturated rings. The fourth-order valence-corrected chi connectivity index (χ4v) is 4.05. The van der Waals surface area contributed by atoms with E-state index in [0.717, 1.165) is 37.8 Å². The van der Waals surface area contributed by atoms with E-state index in [2.05, 4.69) is 17.2 Å². The molecule has 0 bridgehead atoms. The minimum atomic E-state index is -4.38. The lowest BCUT2D eigenvalue weighted by atomic mass is 9.89. The van der Waals surface area contributed by atoms with Gasteiger partial charge in [-0.1, -0.05) is 50.1 Å². The molecule has 0 spiro atoms. The van der Waals surface area contributed by atoms with Gasteiger partial charge in [0.15, 0.2) is 0 Å². The largest absolute Gasteiger partial charge is 0.488 e. The van der Waals surface area contributed by atoms with Crippen molar-refractivity contribution in [3.05, 3.63) is 72.0 Å². The Morgan fingerprint density at radius 2 is 1.92 bits per heavy atom. The van der Waals surface area contributed by atoms with Gasteiger partial charge < -0.3 is 15.2 Å². The number of allylic oxidation sites excluding steroid dienone is 1. The van der Waals surface area contributed by atoms with Crippen LogP contribution in [0.1, 0.15) is 51.0 Å². The monoisotopic (exact) mass is 516 g/mol. The number of carbonyl (C=O) groups is 2. The molecule has 37 heavy (non-hydrogen) atoms. The van der Waals surface area contributed by atoms with Crippen molar-refractivity contribution in [2.24, 2.45) is 5.92 Å². The van der Waals surface area contributed by atoms with Crippen LogP contribution in [0.5, 0.6) is 5.75 Å². The number of pyridine rings is 1. The number of carbonyl (C=O) groups excluding carboxylic acids is 1. The van der Waals surface area contributed by atoms with Crippen molar-refractivity contribution >= 4 is 11.9 Å². The van der Waals surface area contributed by atoms with Gasteiger partial charge in [0.1, 0.15) is 11.9 Å². The summed E-state index contributed by atoms with van der Waals surface area (Å²) in [4.78, 5) is 27.3. The molecule has 198 valence electrons. The summed E-state index contributed by atoms with van der Waals surface area (Å²) in [7, 11) is 0. The fourth-order valence-electron chi connectivity index (χ4n) is 4.05. The van der Waals surface area contributed by atoms with Gasteiger partial charge in [-0.05, 0) is 43.5 Å². The summed E-state index contributed by atoms with van der Waals surface area (Å²) in [6.07, 6.45) is 6.97. The average molecular weight is 517 g/mol. The van der Waals surface area contributed by atoms with Crippen molar-refractivity contribution in [3.8, 4) is 17.0 Å². The number of alkyl halides is 3. The maximum absolute atomic E-state index is 12.8. The van der Waals surface area contributed by atoms with E-state index in [0.29, 0.717) is 29.0 Å². The molecule has 1 aromatic heterocycles. The van der Waals surface area contributed by atoms with Gasteiger partial charge in [-0.25, -0.2) is 0 Å². The number of ether oxygens (including phenoxy) is 1. The van der Waals surface area contributed by atoms with Gasteiger partial charge in [-0.15, -0.1) is 0 Å². The van der Waals surface area contributed by atoms with E-state index in [4.69, 9.17) is 9.84 Å². The number of aliphatic carboxylic acids is 1. The molecular weight excluding hydrogens is 485 g/mol. The Morgan fingerprint density at radius 1 is 1.16 bits per heavy atom. The first-order chi connectivity index (χ1) is 17.7. The molecule has 2 unspecified atom stereocenters. The summed E-state index contributed by atoms with van der Waals surface area (Å²) < 4.78 is 44.7. The molecule has 0 saturated carbocycles. The first kappa shape index (κ1) is 28.0. The van der Waals surface area contributed by atoms with Gasteiger partial charge in [0.2, 0.25) is 0 Å². The molecule has 2 aromatic rings. The van der Waals surface area contributed by atoms with Crippen LogP contribution in [0, 0.1) is 5.92 Å². The summed E-state index contributed by atoms with van der Waals surface area (Å²) in [5.74, 6) is -0.668. The van der Waals surface area contributed by atoms with Crippen LogP contribution in [0.2, 0.25) is 0 Å². The van der Waals surface area contributed by atoms with E-state index in [1.165, 1.54) is 12.1 Å². The van der Waals surface area contributed by atoms with Crippen molar-refractivity contribution in [1.82, 2.24) is 10.3 Å². The number of hydrogen-bond acceptors (Lipinski definition) is 4. The number of nitrogens with one attached hydrogen (secondary N) is 1. The molecule has 3 rings (SSSR count). The smallest absolute Gasteiger partial charge is 0.416 e. The van der Waals surface area contributed by atoms with Crippen molar-refractivity contribution in [3.63, 3.8) is 0 Å². The third kappa shape index (κ3) is 8.48. The maximum Gasteiger partial charge on any atom is 0.416 e. The highest BCUT2D eigenvalue weighted by Crippen LogP contribution is 2.31. The second-order valence-electron chi connectivity index (χ2n) is 8.92. The van der Waals surface area contributed by atoms with Crippen molar-refractivity contribution in [1.29, 1.82) is 0 Å². The van der Waals surface area contributed by atoms with Crippen LogP contribution in [0.15, 0.2) is 66.4 Å². The lowest BCUT2D eigenvalue weighted by molar-refractivity contribution is -0.138. The summed E-state index contributed by atoms with van der Waals surface area (Å²) in [5, 5.41) is 11.3. The first-order valence-corrected chi connectivity index (χ1v) is 12.4. The SMILES string of the molecule is CCCCCC(Oc1ccc(-c2ccc(C(F)(F)F)cc2)nc1)C1C=CC(C(=O)NCCC(=O)O)=CC1. The molecule has 2 atom stereocenters. The van der Waals surface area contributed by atoms with Crippen molar-refractivity contribution in [2.75, 3.05) is 6.54 Å². The number of rotatable bonds is 12. The molecule has 0 aliphatic heterocycles. The first-order valence-electron chi connectivity index (χ1n) is 12.4. The number of nitrogens with zero attached hydrogens (tertiary/aromatic N) is 1. The fraction of sp³-hybridized carbons (Fsp3) is 0.393. The number of aromatic nitrogens is 1. The van der Waals surface area contributed by atoms with E-state index in [1.54, 1.807) is 24.4 Å². The van der Waals surface area contributed by atoms with Gasteiger partial charge in [-0.2, -0.15) is 13.2 Å². The highest BCUT2D eigenvalue weighted by Gasteiger charge is 2.30. The second-order valence-corrected chi connectivity index (χ2v) is 8.92. The zero-order valence-electron chi connectivity index (χ0n) is 20.6. The number of halogens is 3. The molecule has 1 aromatic carbocycles. The third-order valence-corrected chi connectivity index (χ3v) is 6.12. The van der Waals surface area contributed by atoms with Gasteiger partial charge in [0.25, 0.3) is 5.91 Å². The zero-order chi connectivity index (χ0) is 26.8. The molecule has 9 heteroatoms. The molecule has 1 heterocycles. The van der Waals surface area contributed by atoms with Gasteiger partial charge >= 0.3 is 12.1 Å². The minimum absolute atomic E-state index is 0.0435. The number of carboxylic acid groups (broad SMARTS) is 1. The van der Waals surface area contributed by atoms with E-state index in [-0.39, 0.29) is 30.9 Å². The summed E-state index contributed by atoms with van der Waals surface area (Å²) >= 11 is 0. The molecular formula is C28H31F3N2O4. The van der Waals surface area contributed by atoms with Crippen LogP contribution < -0.4 is 10.1 Å². The van der Waals surface area contributed by atoms with E-state index in [1.807, 2.05) is 12.2 Å². The molecule has 2 N–H and O–H groups in total. The summed E-state index contributed by atoms with van der Waals surface area (Å²) in [5.41, 5.74) is 0.911. The highest BCUT2D eigenvalue weighted by molar-refractivity contribution is 5.96. The van der Waals surface area contributed by atoms with Gasteiger partial charge in [0.05, 0.1) is 23.9 Å². The quantitative estimate of drug-likeness (QED) is 0.329. The Morgan fingerprint density at radius 3 is 2.49 bits per heavy atom. The summed E-state index contributed by atoms with van der Waals surface area (Å²) in [6.45, 7) is 2.19. The Balaban J connectivity index is 1.64. The number of hydrogen-bond donors (Lipinski definition) is 2. The predicted octanol–water partition coefficient (Wildman–Crippen LogP) is 6.19. The Kier molecular flexibility index (Phi) is 9.88. The van der Waals surface area contributed by atoms with Gasteiger partial charge in [0, 0.05) is 23.6 Å². The highest BCUT2D eigenvalue weighted by atomic mass is 19.4. The van der Waals surface area contributed by atoms with E-state index in [9.17, 15) is 22.8 Å². The topological polar surface area (TPSA) is 88.5 Å². The van der Waals surface area contributed by atoms with E-state index < -0.39 is 17.7 Å². The summed E-state index contributed by atoms with van der Waals surface area (Å²) in [6, 6.07) is 8.35. The lowest BCUT2D eigenvalue weighted by Gasteiger charge is -2.27. The maximum atomic E-state index is 12.8. The zero-order valence-corrected chi connectivity index (χ0v) is 20.6. The van der Waals surface area contributed by atoms with Crippen LogP contribution in [0.3, 0.4) is 0 Å². The Labute approximate surface area is 214 Å². The molecule has 0 radical (unpaired) electrons.